The summed E-state index contributed by atoms with van der Waals surface area (Å²) >= 11 is 5.96. The van der Waals surface area contributed by atoms with Gasteiger partial charge in [-0.3, -0.25) is 19.3 Å². The van der Waals surface area contributed by atoms with Gasteiger partial charge >= 0.3 is 0 Å². The minimum Gasteiger partial charge on any atom is -0.347 e. The van der Waals surface area contributed by atoms with Crippen LogP contribution in [0.5, 0.6) is 0 Å². The number of carbonyl (C=O) groups excluding carboxylic acids is 3. The van der Waals surface area contributed by atoms with Gasteiger partial charge in [0.05, 0.1) is 5.54 Å². The Balaban J connectivity index is 1.65. The van der Waals surface area contributed by atoms with E-state index >= 15 is 0 Å². The van der Waals surface area contributed by atoms with Gasteiger partial charge < -0.3 is 5.32 Å². The Morgan fingerprint density at radius 2 is 1.67 bits per heavy atom. The first-order chi connectivity index (χ1) is 11.5. The zero-order valence-corrected chi connectivity index (χ0v) is 14.3. The fraction of sp³-hybridized carbons (Fsp3) is 0.500. The summed E-state index contributed by atoms with van der Waals surface area (Å²) in [4.78, 5) is 36.9. The highest BCUT2D eigenvalue weighted by atomic mass is 35.5. The lowest BCUT2D eigenvalue weighted by Crippen LogP contribution is -2.45. The quantitative estimate of drug-likeness (QED) is 0.832. The van der Waals surface area contributed by atoms with Crippen molar-refractivity contribution in [2.24, 2.45) is 0 Å². The van der Waals surface area contributed by atoms with Crippen LogP contribution in [0.25, 0.3) is 0 Å². The lowest BCUT2D eigenvalue weighted by atomic mass is 9.88. The van der Waals surface area contributed by atoms with Gasteiger partial charge in [0.2, 0.25) is 17.7 Å². The molecule has 3 amide bonds. The number of rotatable bonds is 5. The molecule has 3 rings (SSSR count). The number of imide groups is 1. The Bertz CT molecular complexity index is 635. The van der Waals surface area contributed by atoms with Crippen LogP contribution in [0, 0.1) is 0 Å². The Kier molecular flexibility index (Phi) is 4.90. The van der Waals surface area contributed by atoms with Crippen LogP contribution in [-0.4, -0.2) is 29.2 Å². The topological polar surface area (TPSA) is 66.5 Å². The number of halogens is 1. The largest absolute Gasteiger partial charge is 0.347 e. The van der Waals surface area contributed by atoms with E-state index in [9.17, 15) is 14.4 Å². The zero-order chi connectivity index (χ0) is 17.2. The Morgan fingerprint density at radius 3 is 2.25 bits per heavy atom. The summed E-state index contributed by atoms with van der Waals surface area (Å²) in [6.45, 7) is 0.167. The first-order valence-corrected chi connectivity index (χ1v) is 8.78. The molecular weight excluding hydrogens is 328 g/mol. The Morgan fingerprint density at radius 1 is 1.08 bits per heavy atom. The average Bonchev–Trinajstić information content (AvgIpc) is 3.14. The first kappa shape index (κ1) is 17.0. The summed E-state index contributed by atoms with van der Waals surface area (Å²) in [5, 5.41) is 3.82. The summed E-state index contributed by atoms with van der Waals surface area (Å²) < 4.78 is 0. The molecule has 1 aliphatic carbocycles. The van der Waals surface area contributed by atoms with Gasteiger partial charge in [0.25, 0.3) is 0 Å². The van der Waals surface area contributed by atoms with Crippen molar-refractivity contribution in [3.8, 4) is 0 Å². The number of hydrogen-bond acceptors (Lipinski definition) is 3. The molecule has 0 bridgehead atoms. The molecule has 1 aromatic carbocycles. The van der Waals surface area contributed by atoms with E-state index < -0.39 is 0 Å². The molecule has 1 N–H and O–H groups in total. The van der Waals surface area contributed by atoms with Crippen LogP contribution in [0.15, 0.2) is 24.3 Å². The van der Waals surface area contributed by atoms with Gasteiger partial charge in [-0.2, -0.15) is 0 Å². The predicted molar refractivity (Wildman–Crippen MR) is 90.3 cm³/mol. The van der Waals surface area contributed by atoms with Gasteiger partial charge in [-0.15, -0.1) is 0 Å². The number of benzene rings is 1. The van der Waals surface area contributed by atoms with Crippen molar-refractivity contribution in [1.29, 1.82) is 0 Å². The second-order valence-electron chi connectivity index (χ2n) is 6.53. The number of carbonyl (C=O) groups is 3. The van der Waals surface area contributed by atoms with Gasteiger partial charge in [-0.1, -0.05) is 36.6 Å². The van der Waals surface area contributed by atoms with E-state index in [2.05, 4.69) is 5.32 Å². The second-order valence-corrected chi connectivity index (χ2v) is 6.97. The van der Waals surface area contributed by atoms with E-state index in [-0.39, 0.29) is 49.1 Å². The summed E-state index contributed by atoms with van der Waals surface area (Å²) in [5.41, 5.74) is 0.701. The SMILES string of the molecule is O=C(CCN1C(=O)CCC1=O)NC1(c2ccc(Cl)cc2)CCCC1. The van der Waals surface area contributed by atoms with E-state index in [1.807, 2.05) is 24.3 Å². The number of amides is 3. The minimum absolute atomic E-state index is 0.126. The van der Waals surface area contributed by atoms with Gasteiger partial charge in [-0.05, 0) is 30.5 Å². The molecule has 2 aliphatic rings. The van der Waals surface area contributed by atoms with E-state index in [0.717, 1.165) is 31.2 Å². The molecule has 1 saturated heterocycles. The third-order valence-electron chi connectivity index (χ3n) is 4.95. The molecule has 6 heteroatoms. The van der Waals surface area contributed by atoms with Crippen LogP contribution < -0.4 is 5.32 Å². The van der Waals surface area contributed by atoms with Crippen molar-refractivity contribution < 1.29 is 14.4 Å². The van der Waals surface area contributed by atoms with Gasteiger partial charge in [0, 0.05) is 30.8 Å². The first-order valence-electron chi connectivity index (χ1n) is 8.40. The standard InChI is InChI=1S/C18H21ClN2O3/c19-14-5-3-13(4-6-14)18(10-1-2-11-18)20-15(22)9-12-21-16(23)7-8-17(21)24/h3-6H,1-2,7-12H2,(H,20,22). The molecular formula is C18H21ClN2O3. The van der Waals surface area contributed by atoms with Crippen molar-refractivity contribution in [2.75, 3.05) is 6.54 Å². The lowest BCUT2D eigenvalue weighted by molar-refractivity contribution is -0.138. The number of hydrogen-bond donors (Lipinski definition) is 1. The monoisotopic (exact) mass is 348 g/mol. The fourth-order valence-electron chi connectivity index (χ4n) is 3.65. The van der Waals surface area contributed by atoms with E-state index in [1.165, 1.54) is 4.90 Å². The third kappa shape index (κ3) is 3.46. The summed E-state index contributed by atoms with van der Waals surface area (Å²) in [5.74, 6) is -0.485. The summed E-state index contributed by atoms with van der Waals surface area (Å²) in [7, 11) is 0. The smallest absolute Gasteiger partial charge is 0.229 e. The molecule has 128 valence electrons. The normalized spacial score (nSPS) is 19.8. The van der Waals surface area contributed by atoms with Crippen LogP contribution in [0.2, 0.25) is 5.02 Å². The van der Waals surface area contributed by atoms with Crippen molar-refractivity contribution in [3.63, 3.8) is 0 Å². The van der Waals surface area contributed by atoms with Crippen LogP contribution in [0.3, 0.4) is 0 Å². The zero-order valence-electron chi connectivity index (χ0n) is 13.5. The molecule has 0 spiro atoms. The lowest BCUT2D eigenvalue weighted by Gasteiger charge is -2.31. The van der Waals surface area contributed by atoms with Crippen LogP contribution in [0.1, 0.15) is 50.5 Å². The second kappa shape index (κ2) is 6.93. The number of nitrogens with one attached hydrogen (secondary N) is 1. The maximum atomic E-state index is 12.4. The molecule has 0 aromatic heterocycles. The average molecular weight is 349 g/mol. The summed E-state index contributed by atoms with van der Waals surface area (Å²) in [6.07, 6.45) is 4.57. The van der Waals surface area contributed by atoms with Crippen molar-refractivity contribution in [2.45, 2.75) is 50.5 Å². The molecule has 1 aromatic rings. The minimum atomic E-state index is -0.360. The Hall–Kier alpha value is -1.88. The molecule has 1 saturated carbocycles. The highest BCUT2D eigenvalue weighted by molar-refractivity contribution is 6.30. The third-order valence-corrected chi connectivity index (χ3v) is 5.20. The molecule has 2 fully saturated rings. The van der Waals surface area contributed by atoms with Crippen LogP contribution in [-0.2, 0) is 19.9 Å². The van der Waals surface area contributed by atoms with E-state index in [0.29, 0.717) is 5.02 Å². The Labute approximate surface area is 146 Å². The van der Waals surface area contributed by atoms with Gasteiger partial charge in [0.1, 0.15) is 0 Å². The molecule has 24 heavy (non-hydrogen) atoms. The predicted octanol–water partition coefficient (Wildman–Crippen LogP) is 2.76. The van der Waals surface area contributed by atoms with E-state index in [4.69, 9.17) is 11.6 Å². The van der Waals surface area contributed by atoms with Crippen molar-refractivity contribution in [3.05, 3.63) is 34.9 Å². The van der Waals surface area contributed by atoms with Gasteiger partial charge in [-0.25, -0.2) is 0 Å². The summed E-state index contributed by atoms with van der Waals surface area (Å²) in [6, 6.07) is 7.60. The number of nitrogens with zero attached hydrogens (tertiary/aromatic N) is 1. The number of likely N-dealkylation sites (tertiary alicyclic amines) is 1. The molecule has 0 unspecified atom stereocenters. The van der Waals surface area contributed by atoms with Crippen molar-refractivity contribution >= 4 is 29.3 Å². The molecule has 0 atom stereocenters. The maximum absolute atomic E-state index is 12.4. The van der Waals surface area contributed by atoms with Gasteiger partial charge in [0.15, 0.2) is 0 Å². The molecule has 1 heterocycles. The molecule has 5 nitrogen and oxygen atoms in total. The molecule has 0 radical (unpaired) electrons. The van der Waals surface area contributed by atoms with Crippen molar-refractivity contribution in [1.82, 2.24) is 10.2 Å². The fourth-order valence-corrected chi connectivity index (χ4v) is 3.77. The van der Waals surface area contributed by atoms with E-state index in [1.54, 1.807) is 0 Å². The highest BCUT2D eigenvalue weighted by Gasteiger charge is 2.37. The van der Waals surface area contributed by atoms with Crippen LogP contribution in [0.4, 0.5) is 0 Å². The maximum Gasteiger partial charge on any atom is 0.229 e. The molecule has 1 aliphatic heterocycles. The highest BCUT2D eigenvalue weighted by Crippen LogP contribution is 2.39. The van der Waals surface area contributed by atoms with Crippen LogP contribution >= 0.6 is 11.6 Å².